The van der Waals surface area contributed by atoms with Gasteiger partial charge in [0.05, 0.1) is 0 Å². The minimum atomic E-state index is 0.170. The molecule has 0 radical (unpaired) electrons. The van der Waals surface area contributed by atoms with Crippen molar-refractivity contribution in [3.05, 3.63) is 0 Å². The first-order valence-corrected chi connectivity index (χ1v) is 7.34. The highest BCUT2D eigenvalue weighted by Crippen LogP contribution is 2.19. The lowest BCUT2D eigenvalue weighted by molar-refractivity contribution is -0.126. The van der Waals surface area contributed by atoms with E-state index in [0.29, 0.717) is 5.92 Å². The van der Waals surface area contributed by atoms with E-state index in [2.05, 4.69) is 29.5 Å². The van der Waals surface area contributed by atoms with Crippen LogP contribution in [0, 0.1) is 17.8 Å². The molecule has 0 aliphatic carbocycles. The molecule has 0 bridgehead atoms. The molecule has 2 rings (SSSR count). The van der Waals surface area contributed by atoms with E-state index in [-0.39, 0.29) is 11.8 Å². The Morgan fingerprint density at radius 3 is 2.61 bits per heavy atom. The minimum absolute atomic E-state index is 0.170. The van der Waals surface area contributed by atoms with Crippen LogP contribution in [-0.2, 0) is 4.79 Å². The van der Waals surface area contributed by atoms with Gasteiger partial charge in [0.15, 0.2) is 0 Å². The van der Waals surface area contributed by atoms with Gasteiger partial charge in [0.2, 0.25) is 5.91 Å². The van der Waals surface area contributed by atoms with Crippen LogP contribution < -0.4 is 10.6 Å². The Balaban J connectivity index is 1.58. The van der Waals surface area contributed by atoms with Gasteiger partial charge in [-0.15, -0.1) is 0 Å². The van der Waals surface area contributed by atoms with Gasteiger partial charge in [0.25, 0.3) is 0 Å². The van der Waals surface area contributed by atoms with Crippen molar-refractivity contribution in [2.75, 3.05) is 39.8 Å². The number of piperidine rings is 1. The predicted molar refractivity (Wildman–Crippen MR) is 73.4 cm³/mol. The third-order valence-electron chi connectivity index (χ3n) is 4.62. The van der Waals surface area contributed by atoms with E-state index >= 15 is 0 Å². The normalized spacial score (nSPS) is 24.6. The molecule has 0 spiro atoms. The fraction of sp³-hybridized carbons (Fsp3) is 0.929. The number of nitrogens with zero attached hydrogens (tertiary/aromatic N) is 1. The second-order valence-electron chi connectivity index (χ2n) is 6.03. The van der Waals surface area contributed by atoms with Crippen molar-refractivity contribution in [1.82, 2.24) is 15.5 Å². The molecule has 1 amide bonds. The number of likely N-dealkylation sites (tertiary alicyclic amines) is 1. The zero-order chi connectivity index (χ0) is 13.0. The monoisotopic (exact) mass is 253 g/mol. The van der Waals surface area contributed by atoms with Crippen molar-refractivity contribution in [2.24, 2.45) is 17.8 Å². The fourth-order valence-electron chi connectivity index (χ4n) is 2.79. The molecule has 4 nitrogen and oxygen atoms in total. The lowest BCUT2D eigenvalue weighted by atomic mass is 9.88. The topological polar surface area (TPSA) is 44.4 Å². The molecule has 0 aromatic rings. The van der Waals surface area contributed by atoms with Gasteiger partial charge in [0, 0.05) is 12.5 Å². The van der Waals surface area contributed by atoms with Crippen molar-refractivity contribution in [1.29, 1.82) is 0 Å². The molecule has 2 heterocycles. The number of nitrogens with one attached hydrogen (secondary N) is 2. The largest absolute Gasteiger partial charge is 0.356 e. The van der Waals surface area contributed by atoms with Gasteiger partial charge < -0.3 is 15.5 Å². The van der Waals surface area contributed by atoms with Gasteiger partial charge in [-0.05, 0) is 64.3 Å². The van der Waals surface area contributed by atoms with Crippen LogP contribution in [0.2, 0.25) is 0 Å². The summed E-state index contributed by atoms with van der Waals surface area (Å²) in [5.74, 6) is 1.77. The van der Waals surface area contributed by atoms with E-state index in [1.54, 1.807) is 0 Å². The number of rotatable bonds is 5. The molecule has 1 unspecified atom stereocenters. The van der Waals surface area contributed by atoms with E-state index < -0.39 is 0 Å². The van der Waals surface area contributed by atoms with E-state index in [1.165, 1.54) is 25.9 Å². The fourth-order valence-corrected chi connectivity index (χ4v) is 2.79. The number of hydrogen-bond donors (Lipinski definition) is 2. The zero-order valence-corrected chi connectivity index (χ0v) is 11.7. The van der Waals surface area contributed by atoms with Crippen LogP contribution in [0.25, 0.3) is 0 Å². The first-order valence-electron chi connectivity index (χ1n) is 7.34. The van der Waals surface area contributed by atoms with Crippen LogP contribution in [0.3, 0.4) is 0 Å². The lowest BCUT2D eigenvalue weighted by Gasteiger charge is -2.32. The predicted octanol–water partition coefficient (Wildman–Crippen LogP) is 0.690. The van der Waals surface area contributed by atoms with Gasteiger partial charge in [-0.25, -0.2) is 0 Å². The molecule has 0 aromatic carbocycles. The van der Waals surface area contributed by atoms with Crippen molar-refractivity contribution < 1.29 is 4.79 Å². The first kappa shape index (κ1) is 13.8. The van der Waals surface area contributed by atoms with Gasteiger partial charge in [-0.3, -0.25) is 4.79 Å². The summed E-state index contributed by atoms with van der Waals surface area (Å²) < 4.78 is 0. The quantitative estimate of drug-likeness (QED) is 0.758. The molecule has 2 fully saturated rings. The second kappa shape index (κ2) is 6.53. The third kappa shape index (κ3) is 3.69. The summed E-state index contributed by atoms with van der Waals surface area (Å²) in [6.45, 7) is 7.34. The number of amides is 1. The van der Waals surface area contributed by atoms with Crippen LogP contribution in [0.4, 0.5) is 0 Å². The molecule has 4 heteroatoms. The average Bonchev–Trinajstić information content (AvgIpc) is 2.29. The Bertz CT molecular complexity index is 270. The summed E-state index contributed by atoms with van der Waals surface area (Å²) in [5.41, 5.74) is 0. The van der Waals surface area contributed by atoms with Crippen LogP contribution in [0.1, 0.15) is 26.2 Å². The van der Waals surface area contributed by atoms with E-state index in [9.17, 15) is 4.79 Å². The lowest BCUT2D eigenvalue weighted by Crippen LogP contribution is -2.49. The molecule has 18 heavy (non-hydrogen) atoms. The standard InChI is InChI=1S/C14H27N3O/c1-11(13-9-15-10-13)14(18)16-6-3-12-4-7-17(2)8-5-12/h11-13,15H,3-10H2,1-2H3,(H,16,18). The maximum atomic E-state index is 11.9. The summed E-state index contributed by atoms with van der Waals surface area (Å²) >= 11 is 0. The molecule has 1 atom stereocenters. The van der Waals surface area contributed by atoms with Gasteiger partial charge in [0.1, 0.15) is 0 Å². The highest BCUT2D eigenvalue weighted by molar-refractivity contribution is 5.78. The van der Waals surface area contributed by atoms with Crippen LogP contribution in [0.5, 0.6) is 0 Å². The Hall–Kier alpha value is -0.610. The molecule has 0 aromatic heterocycles. The average molecular weight is 253 g/mol. The van der Waals surface area contributed by atoms with E-state index in [4.69, 9.17) is 0 Å². The maximum absolute atomic E-state index is 11.9. The highest BCUT2D eigenvalue weighted by Gasteiger charge is 2.28. The van der Waals surface area contributed by atoms with Crippen molar-refractivity contribution in [3.8, 4) is 0 Å². The van der Waals surface area contributed by atoms with E-state index in [1.807, 2.05) is 0 Å². The van der Waals surface area contributed by atoms with Crippen LogP contribution in [-0.4, -0.2) is 50.6 Å². The minimum Gasteiger partial charge on any atom is -0.356 e. The SMILES string of the molecule is CC(C(=O)NCCC1CCN(C)CC1)C1CNC1. The van der Waals surface area contributed by atoms with Crippen molar-refractivity contribution in [2.45, 2.75) is 26.2 Å². The second-order valence-corrected chi connectivity index (χ2v) is 6.03. The summed E-state index contributed by atoms with van der Waals surface area (Å²) in [6.07, 6.45) is 3.72. The van der Waals surface area contributed by atoms with Crippen LogP contribution >= 0.6 is 0 Å². The van der Waals surface area contributed by atoms with Gasteiger partial charge in [-0.2, -0.15) is 0 Å². The van der Waals surface area contributed by atoms with Crippen molar-refractivity contribution >= 4 is 5.91 Å². The molecule has 104 valence electrons. The highest BCUT2D eigenvalue weighted by atomic mass is 16.1. The van der Waals surface area contributed by atoms with Crippen molar-refractivity contribution in [3.63, 3.8) is 0 Å². The Morgan fingerprint density at radius 2 is 2.06 bits per heavy atom. The summed E-state index contributed by atoms with van der Waals surface area (Å²) in [4.78, 5) is 14.3. The number of hydrogen-bond acceptors (Lipinski definition) is 3. The van der Waals surface area contributed by atoms with E-state index in [0.717, 1.165) is 32.0 Å². The number of carbonyl (C=O) groups is 1. The van der Waals surface area contributed by atoms with Gasteiger partial charge >= 0.3 is 0 Å². The summed E-state index contributed by atoms with van der Waals surface area (Å²) in [5, 5.41) is 6.33. The smallest absolute Gasteiger partial charge is 0.223 e. The molecular weight excluding hydrogens is 226 g/mol. The Labute approximate surface area is 110 Å². The first-order chi connectivity index (χ1) is 8.66. The molecule has 2 aliphatic rings. The summed E-state index contributed by atoms with van der Waals surface area (Å²) in [7, 11) is 2.19. The Morgan fingerprint density at radius 1 is 1.39 bits per heavy atom. The number of carbonyl (C=O) groups excluding carboxylic acids is 1. The van der Waals surface area contributed by atoms with Gasteiger partial charge in [-0.1, -0.05) is 6.92 Å². The zero-order valence-electron chi connectivity index (χ0n) is 11.7. The Kier molecular flexibility index (Phi) is 5.01. The molecular formula is C14H27N3O. The third-order valence-corrected chi connectivity index (χ3v) is 4.62. The molecule has 0 saturated carbocycles. The maximum Gasteiger partial charge on any atom is 0.223 e. The molecule has 2 aliphatic heterocycles. The molecule has 2 N–H and O–H groups in total. The van der Waals surface area contributed by atoms with Crippen LogP contribution in [0.15, 0.2) is 0 Å². The molecule has 2 saturated heterocycles. The summed E-state index contributed by atoms with van der Waals surface area (Å²) in [6, 6.07) is 0.